The van der Waals surface area contributed by atoms with Crippen LogP contribution in [0.3, 0.4) is 0 Å². The molecule has 0 fully saturated rings. The molecule has 0 unspecified atom stereocenters. The van der Waals surface area contributed by atoms with E-state index in [1.807, 2.05) is 0 Å². The van der Waals surface area contributed by atoms with Crippen LogP contribution < -0.4 is 55.9 Å². The summed E-state index contributed by atoms with van der Waals surface area (Å²) in [7, 11) is -18.8. The minimum Gasteiger partial charge on any atom is -0.183 e. The molecule has 0 aromatic heterocycles. The average Bonchev–Trinajstić information content (AvgIpc) is 1.62. The van der Waals surface area contributed by atoms with E-state index in [1.165, 1.54) is 0 Å². The first kappa shape index (κ1) is 28.6. The molecule has 0 bridgehead atoms. The van der Waals surface area contributed by atoms with Crippen molar-refractivity contribution in [2.24, 2.45) is 0 Å². The van der Waals surface area contributed by atoms with Gasteiger partial charge in [0.1, 0.15) is 0 Å². The number of rotatable bonds is 0. The predicted molar refractivity (Wildman–Crippen MR) is 8.88 cm³/mol. The zero-order valence-corrected chi connectivity index (χ0v) is 11.2. The Balaban J connectivity index is -0.0000000853. The van der Waals surface area contributed by atoms with Gasteiger partial charge in [-0.3, -0.25) is 0 Å². The van der Waals surface area contributed by atoms with Crippen LogP contribution in [0, 0.1) is 41.0 Å². The third kappa shape index (κ3) is 21000. The summed E-state index contributed by atoms with van der Waals surface area (Å²) in [5.74, 6) is 0. The van der Waals surface area contributed by atoms with Gasteiger partial charge in [0.2, 0.25) is 0 Å². The topological polar surface area (TPSA) is 358 Å². The zero-order valence-electron chi connectivity index (χ0n) is 8.20. The van der Waals surface area contributed by atoms with E-state index in [2.05, 4.69) is 0 Å². The Labute approximate surface area is 116 Å². The SMILES string of the molecule is [O-][Cl+3]([O-])([O-])O.[O-][Cl+3]([O-])([O-])O.[O-][Cl+3]([O-])([O-])O.[O-][Cl+3]([O-])([O-])O. The molecule has 128 valence electrons. The fourth-order valence-corrected chi connectivity index (χ4v) is 0. The van der Waals surface area contributed by atoms with Crippen molar-refractivity contribution in [3.8, 4) is 0 Å². The fraction of sp³-hybridized carbons (Fsp3) is 0. The van der Waals surface area contributed by atoms with E-state index in [1.54, 1.807) is 0 Å². The minimum atomic E-state index is -4.69. The van der Waals surface area contributed by atoms with Gasteiger partial charge in [0.05, 0.1) is 59.6 Å². The Morgan fingerprint density at radius 1 is 0.300 bits per heavy atom. The van der Waals surface area contributed by atoms with Crippen LogP contribution in [0.25, 0.3) is 0 Å². The highest BCUT2D eigenvalue weighted by Crippen LogP contribution is 1.62. The Morgan fingerprint density at radius 3 is 0.300 bits per heavy atom. The molecule has 0 rings (SSSR count). The van der Waals surface area contributed by atoms with Gasteiger partial charge in [-0.1, -0.05) is 0 Å². The first-order valence-corrected chi connectivity index (χ1v) is 7.58. The van der Waals surface area contributed by atoms with E-state index in [-0.39, 0.29) is 0 Å². The van der Waals surface area contributed by atoms with Gasteiger partial charge in [-0.05, 0) is 0 Å². The molecule has 0 aliphatic rings. The van der Waals surface area contributed by atoms with Crippen LogP contribution in [-0.2, 0) is 0 Å². The molecule has 0 radical (unpaired) electrons. The van der Waals surface area contributed by atoms with E-state index in [0.29, 0.717) is 0 Å². The smallest absolute Gasteiger partial charge is 0.0777 e. The summed E-state index contributed by atoms with van der Waals surface area (Å²) in [6, 6.07) is 0. The maximum Gasteiger partial charge on any atom is 0.0777 e. The molecule has 0 saturated carbocycles. The lowest BCUT2D eigenvalue weighted by atomic mass is 15.8. The minimum absolute atomic E-state index is 4.69. The molecule has 4 N–H and O–H groups in total. The van der Waals surface area contributed by atoms with Gasteiger partial charge in [0, 0.05) is 0 Å². The highest BCUT2D eigenvalue weighted by atomic mass is 35.7. The molecular weight excluding hydrogens is 398 g/mol. The molecule has 0 spiro atoms. The molecule has 0 heterocycles. The molecule has 0 saturated heterocycles. The fourth-order valence-electron chi connectivity index (χ4n) is 0. The molecule has 0 aromatic carbocycles. The molecule has 0 atom stereocenters. The Morgan fingerprint density at radius 2 is 0.300 bits per heavy atom. The highest BCUT2D eigenvalue weighted by Gasteiger charge is 2.00. The molecular formula is H4Cl4O16. The van der Waals surface area contributed by atoms with Gasteiger partial charge >= 0.3 is 0 Å². The third-order valence-corrected chi connectivity index (χ3v) is 0. The molecule has 0 aliphatic heterocycles. The van der Waals surface area contributed by atoms with Crippen molar-refractivity contribution in [2.45, 2.75) is 0 Å². The first-order valence-electron chi connectivity index (χ1n) is 2.53. The summed E-state index contributed by atoms with van der Waals surface area (Å²) >= 11 is 0. The van der Waals surface area contributed by atoms with E-state index in [0.717, 1.165) is 0 Å². The lowest BCUT2D eigenvalue weighted by Gasteiger charge is -2.03. The molecule has 0 aromatic rings. The van der Waals surface area contributed by atoms with Crippen molar-refractivity contribution in [1.82, 2.24) is 0 Å². The molecule has 20 heteroatoms. The van der Waals surface area contributed by atoms with Crippen LogP contribution in [0.15, 0.2) is 0 Å². The highest BCUT2D eigenvalue weighted by molar-refractivity contribution is 2.16. The van der Waals surface area contributed by atoms with Gasteiger partial charge in [0.25, 0.3) is 0 Å². The Kier molecular flexibility index (Phi) is 16.0. The van der Waals surface area contributed by atoms with Gasteiger partial charge in [-0.15, -0.1) is 0 Å². The van der Waals surface area contributed by atoms with Crippen molar-refractivity contribution in [3.63, 3.8) is 0 Å². The largest absolute Gasteiger partial charge is 0.183 e. The predicted octanol–water partition coefficient (Wildman–Crippen LogP) is -16.5. The first-order chi connectivity index (χ1) is 8.00. The lowest BCUT2D eigenvalue weighted by molar-refractivity contribution is -1.92. The summed E-state index contributed by atoms with van der Waals surface area (Å²) in [5, 5.41) is 0. The standard InChI is InChI=1S/4ClHO4/c4*2-1(3,4)5/h4*(H,2,3,4,5). The molecule has 0 amide bonds. The van der Waals surface area contributed by atoms with Crippen LogP contribution >= 0.6 is 0 Å². The number of hydrogen-bond donors (Lipinski definition) is 4. The second-order valence-corrected chi connectivity index (χ2v) is 4.75. The summed E-state index contributed by atoms with van der Waals surface area (Å²) in [6.45, 7) is 0. The van der Waals surface area contributed by atoms with Crippen molar-refractivity contribution >= 4 is 0 Å². The number of halogens is 4. The van der Waals surface area contributed by atoms with E-state index >= 15 is 0 Å². The van der Waals surface area contributed by atoms with Crippen LogP contribution in [0.2, 0.25) is 0 Å². The maximum absolute atomic E-state index is 8.60. The second-order valence-electron chi connectivity index (χ2n) is 1.58. The van der Waals surface area contributed by atoms with E-state index in [9.17, 15) is 0 Å². The van der Waals surface area contributed by atoms with Gasteiger partial charge in [0.15, 0.2) is 0 Å². The van der Waals surface area contributed by atoms with Gasteiger partial charge < -0.3 is 0 Å². The quantitative estimate of drug-likeness (QED) is 0.292. The van der Waals surface area contributed by atoms with Crippen LogP contribution in [0.1, 0.15) is 0 Å². The third-order valence-electron chi connectivity index (χ3n) is 0. The zero-order chi connectivity index (χ0) is 18.0. The van der Waals surface area contributed by atoms with Gasteiger partial charge in [-0.2, -0.15) is 55.9 Å². The normalized spacial score (nSPS) is 12.0. The van der Waals surface area contributed by atoms with Crippen molar-refractivity contribution in [1.29, 1.82) is 0 Å². The Hall–Kier alpha value is 0.520. The van der Waals surface area contributed by atoms with Crippen molar-refractivity contribution in [2.75, 3.05) is 0 Å². The van der Waals surface area contributed by atoms with Crippen LogP contribution in [0.5, 0.6) is 0 Å². The Bertz CT molecular complexity index is 124. The lowest BCUT2D eigenvalue weighted by Crippen LogP contribution is -2.58. The van der Waals surface area contributed by atoms with Gasteiger partial charge in [-0.25, -0.2) is 0 Å². The van der Waals surface area contributed by atoms with Crippen LogP contribution in [0.4, 0.5) is 0 Å². The average molecular weight is 402 g/mol. The summed E-state index contributed by atoms with van der Waals surface area (Å²) in [5.41, 5.74) is 0. The van der Waals surface area contributed by atoms with Crippen molar-refractivity contribution in [3.05, 3.63) is 0 Å². The summed E-state index contributed by atoms with van der Waals surface area (Å²) in [4.78, 5) is 0. The summed E-state index contributed by atoms with van der Waals surface area (Å²) in [6.07, 6.45) is 0. The molecule has 16 nitrogen and oxygen atoms in total. The number of hydrogen-bond acceptors (Lipinski definition) is 16. The maximum atomic E-state index is 8.60. The second kappa shape index (κ2) is 11.1. The molecule has 20 heavy (non-hydrogen) atoms. The van der Waals surface area contributed by atoms with E-state index < -0.39 is 41.0 Å². The monoisotopic (exact) mass is 400 g/mol. The van der Waals surface area contributed by atoms with Crippen molar-refractivity contribution < 1.29 is 116 Å². The summed E-state index contributed by atoms with van der Waals surface area (Å²) < 4.78 is 131. The van der Waals surface area contributed by atoms with E-state index in [4.69, 9.17) is 74.5 Å². The molecule has 0 aliphatic carbocycles. The van der Waals surface area contributed by atoms with Crippen LogP contribution in [-0.4, -0.2) is 18.6 Å².